The SMILES string of the molecule is CCCCCOc1cc2c(cc1OCCCCC)c1cc(C(O)CC)c(OCCCCC)cc1c1cc(C(O)CC)c(OCCCCC)cc21. The summed E-state index contributed by atoms with van der Waals surface area (Å²) < 4.78 is 25.8. The molecule has 6 nitrogen and oxygen atoms in total. The highest BCUT2D eigenvalue weighted by atomic mass is 16.5. The summed E-state index contributed by atoms with van der Waals surface area (Å²) in [6, 6.07) is 12.7. The van der Waals surface area contributed by atoms with Gasteiger partial charge in [-0.05, 0) is 107 Å². The topological polar surface area (TPSA) is 77.4 Å². The average molecular weight is 689 g/mol. The van der Waals surface area contributed by atoms with Gasteiger partial charge in [0.05, 0.1) is 38.6 Å². The zero-order chi connectivity index (χ0) is 35.9. The van der Waals surface area contributed by atoms with E-state index in [9.17, 15) is 10.2 Å². The Hall–Kier alpha value is -3.22. The molecule has 0 radical (unpaired) electrons. The fraction of sp³-hybridized carbons (Fsp3) is 0.591. The molecule has 4 rings (SSSR count). The number of hydrogen-bond acceptors (Lipinski definition) is 6. The van der Waals surface area contributed by atoms with Gasteiger partial charge in [0.1, 0.15) is 11.5 Å². The van der Waals surface area contributed by atoms with Crippen LogP contribution in [0.3, 0.4) is 0 Å². The summed E-state index contributed by atoms with van der Waals surface area (Å²) in [6.45, 7) is 15.2. The van der Waals surface area contributed by atoms with Crippen molar-refractivity contribution in [1.82, 2.24) is 0 Å². The first-order valence-corrected chi connectivity index (χ1v) is 19.8. The number of benzene rings is 4. The van der Waals surface area contributed by atoms with E-state index >= 15 is 0 Å². The van der Waals surface area contributed by atoms with Crippen LogP contribution in [0.25, 0.3) is 32.3 Å². The second kappa shape index (κ2) is 20.6. The van der Waals surface area contributed by atoms with Crippen LogP contribution in [-0.4, -0.2) is 36.6 Å². The Bertz CT molecular complexity index is 1580. The third-order valence-electron chi connectivity index (χ3n) is 9.77. The van der Waals surface area contributed by atoms with Crippen LogP contribution >= 0.6 is 0 Å². The van der Waals surface area contributed by atoms with Crippen LogP contribution in [-0.2, 0) is 0 Å². The molecule has 0 aliphatic rings. The van der Waals surface area contributed by atoms with Crippen LogP contribution in [0.5, 0.6) is 23.0 Å². The van der Waals surface area contributed by atoms with Crippen LogP contribution in [0.2, 0.25) is 0 Å². The first kappa shape index (κ1) is 39.6. The molecule has 0 saturated heterocycles. The maximum atomic E-state index is 11.3. The number of aliphatic hydroxyl groups is 2. The molecule has 276 valence electrons. The molecule has 2 N–H and O–H groups in total. The number of aliphatic hydroxyl groups excluding tert-OH is 2. The van der Waals surface area contributed by atoms with Crippen LogP contribution in [0.4, 0.5) is 0 Å². The molecule has 0 fully saturated rings. The van der Waals surface area contributed by atoms with Crippen molar-refractivity contribution in [1.29, 1.82) is 0 Å². The van der Waals surface area contributed by atoms with E-state index in [1.165, 1.54) is 0 Å². The average Bonchev–Trinajstić information content (AvgIpc) is 3.14. The summed E-state index contributed by atoms with van der Waals surface area (Å²) in [4.78, 5) is 0. The van der Waals surface area contributed by atoms with Crippen LogP contribution in [0.15, 0.2) is 36.4 Å². The third kappa shape index (κ3) is 9.97. The Balaban J connectivity index is 2.06. The number of unbranched alkanes of at least 4 members (excludes halogenated alkanes) is 8. The zero-order valence-corrected chi connectivity index (χ0v) is 31.9. The molecule has 0 spiro atoms. The lowest BCUT2D eigenvalue weighted by molar-refractivity contribution is 0.167. The largest absolute Gasteiger partial charge is 0.493 e. The fourth-order valence-electron chi connectivity index (χ4n) is 6.66. The highest BCUT2D eigenvalue weighted by Gasteiger charge is 2.22. The molecule has 6 heteroatoms. The van der Waals surface area contributed by atoms with Gasteiger partial charge in [-0.1, -0.05) is 92.9 Å². The summed E-state index contributed by atoms with van der Waals surface area (Å²) in [5.74, 6) is 2.94. The van der Waals surface area contributed by atoms with Crippen molar-refractivity contribution in [3.8, 4) is 23.0 Å². The van der Waals surface area contributed by atoms with Crippen molar-refractivity contribution >= 4 is 32.3 Å². The van der Waals surface area contributed by atoms with E-state index in [2.05, 4.69) is 64.1 Å². The van der Waals surface area contributed by atoms with E-state index in [0.29, 0.717) is 45.0 Å². The molecule has 2 unspecified atom stereocenters. The van der Waals surface area contributed by atoms with Gasteiger partial charge in [-0.2, -0.15) is 0 Å². The van der Waals surface area contributed by atoms with Gasteiger partial charge >= 0.3 is 0 Å². The maximum Gasteiger partial charge on any atom is 0.161 e. The fourth-order valence-corrected chi connectivity index (χ4v) is 6.66. The highest BCUT2D eigenvalue weighted by Crippen LogP contribution is 2.46. The lowest BCUT2D eigenvalue weighted by atomic mass is 9.89. The minimum absolute atomic E-state index is 0.579. The standard InChI is InChI=1S/C44H64O6/c1-7-13-17-21-47-41-27-33-31-25-37(39(45)11-5)42(48-22-18-14-8-2)28-34(31)36-30-44(50-24-20-16-10-4)43(49-23-19-15-9-3)29-35(36)32(33)26-38(41)40(46)12-6/h25-30,39-40,45-46H,7-24H2,1-6H3. The first-order valence-electron chi connectivity index (χ1n) is 19.8. The molecule has 0 saturated carbocycles. The molecule has 2 atom stereocenters. The smallest absolute Gasteiger partial charge is 0.161 e. The Morgan fingerprint density at radius 3 is 0.920 bits per heavy atom. The lowest BCUT2D eigenvalue weighted by Gasteiger charge is -2.22. The molecular weight excluding hydrogens is 624 g/mol. The van der Waals surface area contributed by atoms with E-state index in [4.69, 9.17) is 18.9 Å². The molecule has 50 heavy (non-hydrogen) atoms. The van der Waals surface area contributed by atoms with E-state index in [0.717, 1.165) is 138 Å². The minimum Gasteiger partial charge on any atom is -0.493 e. The Kier molecular flexibility index (Phi) is 16.3. The van der Waals surface area contributed by atoms with Crippen molar-refractivity contribution in [2.45, 2.75) is 144 Å². The molecule has 0 bridgehead atoms. The van der Waals surface area contributed by atoms with Gasteiger partial charge in [-0.15, -0.1) is 0 Å². The zero-order valence-electron chi connectivity index (χ0n) is 31.9. The Labute approximate surface area is 301 Å². The van der Waals surface area contributed by atoms with E-state index in [1.54, 1.807) is 0 Å². The minimum atomic E-state index is -0.659. The van der Waals surface area contributed by atoms with Gasteiger partial charge in [0.25, 0.3) is 0 Å². The van der Waals surface area contributed by atoms with Crippen molar-refractivity contribution in [3.63, 3.8) is 0 Å². The predicted octanol–water partition coefficient (Wildman–Crippen LogP) is 12.3. The molecule has 0 aliphatic heterocycles. The van der Waals surface area contributed by atoms with Crippen LogP contribution in [0, 0.1) is 0 Å². The van der Waals surface area contributed by atoms with Gasteiger partial charge in [0.2, 0.25) is 0 Å². The molecule has 0 aromatic heterocycles. The van der Waals surface area contributed by atoms with Crippen LogP contribution in [0.1, 0.15) is 155 Å². The molecule has 4 aromatic rings. The second-order valence-corrected chi connectivity index (χ2v) is 13.8. The normalized spacial score (nSPS) is 12.9. The van der Waals surface area contributed by atoms with Gasteiger partial charge in [0, 0.05) is 11.1 Å². The number of hydrogen-bond donors (Lipinski definition) is 2. The Morgan fingerprint density at radius 2 is 0.640 bits per heavy atom. The highest BCUT2D eigenvalue weighted by molar-refractivity contribution is 6.26. The van der Waals surface area contributed by atoms with Gasteiger partial charge in [-0.25, -0.2) is 0 Å². The second-order valence-electron chi connectivity index (χ2n) is 13.8. The summed E-state index contributed by atoms with van der Waals surface area (Å²) in [5.41, 5.74) is 1.60. The van der Waals surface area contributed by atoms with Gasteiger partial charge in [0.15, 0.2) is 11.5 Å². The molecule has 0 amide bonds. The van der Waals surface area contributed by atoms with E-state index in [1.807, 2.05) is 13.8 Å². The number of ether oxygens (including phenoxy) is 4. The third-order valence-corrected chi connectivity index (χ3v) is 9.77. The summed E-state index contributed by atoms with van der Waals surface area (Å²) in [7, 11) is 0. The summed E-state index contributed by atoms with van der Waals surface area (Å²) in [6.07, 6.45) is 12.6. The Morgan fingerprint density at radius 1 is 0.380 bits per heavy atom. The van der Waals surface area contributed by atoms with E-state index in [-0.39, 0.29) is 0 Å². The predicted molar refractivity (Wildman–Crippen MR) is 210 cm³/mol. The maximum absolute atomic E-state index is 11.3. The quantitative estimate of drug-likeness (QED) is 0.0563. The van der Waals surface area contributed by atoms with Crippen molar-refractivity contribution < 1.29 is 29.2 Å². The van der Waals surface area contributed by atoms with Crippen molar-refractivity contribution in [2.24, 2.45) is 0 Å². The molecule has 4 aromatic carbocycles. The number of rotatable bonds is 24. The lowest BCUT2D eigenvalue weighted by Crippen LogP contribution is -2.06. The first-order chi connectivity index (χ1) is 24.4. The van der Waals surface area contributed by atoms with Crippen LogP contribution < -0.4 is 18.9 Å². The monoisotopic (exact) mass is 688 g/mol. The molecular formula is C44H64O6. The molecule has 0 aliphatic carbocycles. The summed E-state index contributed by atoms with van der Waals surface area (Å²) in [5, 5.41) is 28.7. The summed E-state index contributed by atoms with van der Waals surface area (Å²) >= 11 is 0. The van der Waals surface area contributed by atoms with Crippen molar-refractivity contribution in [3.05, 3.63) is 47.5 Å². The van der Waals surface area contributed by atoms with Gasteiger partial charge < -0.3 is 29.2 Å². The van der Waals surface area contributed by atoms with Gasteiger partial charge in [-0.3, -0.25) is 0 Å². The van der Waals surface area contributed by atoms with E-state index < -0.39 is 12.2 Å². The molecule has 0 heterocycles. The van der Waals surface area contributed by atoms with Crippen molar-refractivity contribution in [2.75, 3.05) is 26.4 Å². The number of fused-ring (bicyclic) bond motifs is 6.